The molecule has 1 aliphatic carbocycles. The van der Waals surface area contributed by atoms with Crippen LogP contribution < -0.4 is 0 Å². The van der Waals surface area contributed by atoms with Crippen LogP contribution in [-0.4, -0.2) is 39.9 Å². The summed E-state index contributed by atoms with van der Waals surface area (Å²) in [6.45, 7) is 4.89. The van der Waals surface area contributed by atoms with Gasteiger partial charge in [0.25, 0.3) is 0 Å². The summed E-state index contributed by atoms with van der Waals surface area (Å²) >= 11 is 0. The highest BCUT2D eigenvalue weighted by Gasteiger charge is 2.70. The van der Waals surface area contributed by atoms with Crippen LogP contribution in [0.5, 0.6) is 0 Å². The maximum absolute atomic E-state index is 13.4. The number of esters is 2. The number of nitrogens with zero attached hydrogens (tertiary/aromatic N) is 1. The van der Waals surface area contributed by atoms with E-state index in [0.29, 0.717) is 0 Å². The van der Waals surface area contributed by atoms with Crippen molar-refractivity contribution in [2.75, 3.05) is 0 Å². The number of ketones is 1. The van der Waals surface area contributed by atoms with Crippen LogP contribution in [0, 0.1) is 21.8 Å². The first-order valence-electron chi connectivity index (χ1n) is 8.81. The Balaban J connectivity index is 2.11. The van der Waals surface area contributed by atoms with E-state index in [0.717, 1.165) is 12.1 Å². The maximum Gasteiger partial charge on any atom is 0.317 e. The van der Waals surface area contributed by atoms with E-state index in [4.69, 9.17) is 9.47 Å². The zero-order valence-corrected chi connectivity index (χ0v) is 15.6. The molecule has 3 aliphatic rings. The minimum Gasteiger partial charge on any atom is -0.460 e. The van der Waals surface area contributed by atoms with Gasteiger partial charge in [0, 0.05) is 11.3 Å². The topological polar surface area (TPSA) is 113 Å². The van der Waals surface area contributed by atoms with Gasteiger partial charge in [0.1, 0.15) is 23.3 Å². The van der Waals surface area contributed by atoms with Crippen molar-refractivity contribution in [3.63, 3.8) is 0 Å². The maximum atomic E-state index is 13.4. The van der Waals surface area contributed by atoms with E-state index in [9.17, 15) is 28.9 Å². The Bertz CT molecular complexity index is 845. The Labute approximate surface area is 160 Å². The summed E-state index contributed by atoms with van der Waals surface area (Å²) in [5.74, 6) is -5.31. The minimum atomic E-state index is -2.05. The third-order valence-electron chi connectivity index (χ3n) is 5.02. The SMILES string of the molecule is CC(C)(C)OC(=O)C[C@]12OC(=O)[C@H](CC1=O)[C@@H]([N+](=O)[O-])[C@@H]2c1ccc(F)cc1. The first kappa shape index (κ1) is 19.9. The lowest BCUT2D eigenvalue weighted by Gasteiger charge is -2.49. The second kappa shape index (κ2) is 6.65. The van der Waals surface area contributed by atoms with E-state index in [-0.39, 0.29) is 12.0 Å². The van der Waals surface area contributed by atoms with Gasteiger partial charge in [-0.2, -0.15) is 0 Å². The minimum absolute atomic E-state index is 0.247. The van der Waals surface area contributed by atoms with Crippen LogP contribution in [0.2, 0.25) is 0 Å². The molecule has 0 unspecified atom stereocenters. The lowest BCUT2D eigenvalue weighted by molar-refractivity contribution is -0.543. The van der Waals surface area contributed by atoms with Crippen LogP contribution in [-0.2, 0) is 23.9 Å². The smallest absolute Gasteiger partial charge is 0.317 e. The van der Waals surface area contributed by atoms with Gasteiger partial charge in [0.05, 0.1) is 6.42 Å². The fourth-order valence-corrected chi connectivity index (χ4v) is 4.01. The molecule has 2 bridgehead atoms. The number of ether oxygens (including phenoxy) is 2. The third kappa shape index (κ3) is 3.36. The Morgan fingerprint density at radius 1 is 1.32 bits per heavy atom. The molecule has 1 aromatic rings. The molecule has 8 nitrogen and oxygen atoms in total. The number of carbonyl (C=O) groups is 3. The van der Waals surface area contributed by atoms with Crippen LogP contribution in [0.1, 0.15) is 45.1 Å². The number of Topliss-reactive ketones (excluding diaryl/α,β-unsaturated/α-hetero) is 1. The summed E-state index contributed by atoms with van der Waals surface area (Å²) in [5.41, 5.74) is -2.67. The van der Waals surface area contributed by atoms with Crippen molar-refractivity contribution < 1.29 is 33.2 Å². The number of nitro groups is 1. The number of rotatable bonds is 4. The zero-order valence-electron chi connectivity index (χ0n) is 15.6. The summed E-state index contributed by atoms with van der Waals surface area (Å²) in [6.07, 6.45) is -1.03. The Kier molecular flexibility index (Phi) is 4.73. The fraction of sp³-hybridized carbons (Fsp3) is 0.526. The predicted octanol–water partition coefficient (Wildman–Crippen LogP) is 2.17. The van der Waals surface area contributed by atoms with E-state index in [2.05, 4.69) is 0 Å². The zero-order chi connectivity index (χ0) is 20.9. The number of fused-ring (bicyclic) bond motifs is 3. The summed E-state index contributed by atoms with van der Waals surface area (Å²) in [5, 5.41) is 11.8. The molecule has 0 radical (unpaired) electrons. The number of benzene rings is 1. The van der Waals surface area contributed by atoms with Crippen molar-refractivity contribution in [1.82, 2.24) is 0 Å². The number of halogens is 1. The molecule has 0 amide bonds. The molecular formula is C19H20FNO7. The molecule has 28 heavy (non-hydrogen) atoms. The lowest BCUT2D eigenvalue weighted by Crippen LogP contribution is -2.67. The van der Waals surface area contributed by atoms with Crippen LogP contribution in [0.3, 0.4) is 0 Å². The molecule has 150 valence electrons. The molecule has 2 saturated heterocycles. The van der Waals surface area contributed by atoms with E-state index in [1.165, 1.54) is 12.1 Å². The second-order valence-electron chi connectivity index (χ2n) is 8.11. The monoisotopic (exact) mass is 393 g/mol. The molecule has 3 fully saturated rings. The van der Waals surface area contributed by atoms with Crippen molar-refractivity contribution in [3.8, 4) is 0 Å². The van der Waals surface area contributed by atoms with Crippen molar-refractivity contribution in [3.05, 3.63) is 45.8 Å². The van der Waals surface area contributed by atoms with Crippen LogP contribution >= 0.6 is 0 Å². The molecule has 2 aliphatic heterocycles. The van der Waals surface area contributed by atoms with Crippen molar-refractivity contribution in [2.45, 2.75) is 56.8 Å². The van der Waals surface area contributed by atoms with Crippen molar-refractivity contribution in [1.29, 1.82) is 0 Å². The Morgan fingerprint density at radius 3 is 2.46 bits per heavy atom. The molecule has 2 heterocycles. The van der Waals surface area contributed by atoms with Crippen LogP contribution in [0.4, 0.5) is 4.39 Å². The van der Waals surface area contributed by atoms with Gasteiger partial charge in [-0.3, -0.25) is 24.5 Å². The van der Waals surface area contributed by atoms with Gasteiger partial charge in [0.2, 0.25) is 6.04 Å². The first-order valence-corrected chi connectivity index (χ1v) is 8.81. The average molecular weight is 393 g/mol. The standard InChI is InChI=1S/C19H20FNO7/c1-18(2,3)27-14(23)9-19-13(22)8-12(17(24)28-19)16(21(25)26)15(19)10-4-6-11(20)7-5-10/h4-7,12,15-16H,8-9H2,1-3H3/t12-,15+,16-,19+/m1/s1. The summed E-state index contributed by atoms with van der Waals surface area (Å²) in [7, 11) is 0. The Hall–Kier alpha value is -2.84. The first-order chi connectivity index (χ1) is 12.9. The van der Waals surface area contributed by atoms with Gasteiger partial charge >= 0.3 is 11.9 Å². The molecule has 4 atom stereocenters. The number of carbonyl (C=O) groups excluding carboxylic acids is 3. The Morgan fingerprint density at radius 2 is 1.93 bits per heavy atom. The van der Waals surface area contributed by atoms with Crippen LogP contribution in [0.15, 0.2) is 24.3 Å². The second-order valence-corrected chi connectivity index (χ2v) is 8.11. The molecule has 0 aromatic heterocycles. The molecule has 9 heteroatoms. The summed E-state index contributed by atoms with van der Waals surface area (Å²) < 4.78 is 24.0. The molecule has 1 aromatic carbocycles. The van der Waals surface area contributed by atoms with Gasteiger partial charge in [-0.05, 0) is 38.5 Å². The van der Waals surface area contributed by atoms with Gasteiger partial charge in [0.15, 0.2) is 11.4 Å². The molecule has 1 saturated carbocycles. The van der Waals surface area contributed by atoms with Crippen molar-refractivity contribution in [2.24, 2.45) is 5.92 Å². The number of hydrogen-bond acceptors (Lipinski definition) is 7. The van der Waals surface area contributed by atoms with Crippen LogP contribution in [0.25, 0.3) is 0 Å². The fourth-order valence-electron chi connectivity index (χ4n) is 4.01. The third-order valence-corrected chi connectivity index (χ3v) is 5.02. The highest BCUT2D eigenvalue weighted by Crippen LogP contribution is 2.52. The van der Waals surface area contributed by atoms with Gasteiger partial charge in [-0.25, -0.2) is 4.39 Å². The van der Waals surface area contributed by atoms with Gasteiger partial charge in [-0.1, -0.05) is 12.1 Å². The lowest BCUT2D eigenvalue weighted by atomic mass is 9.61. The highest BCUT2D eigenvalue weighted by molar-refractivity contribution is 6.01. The van der Waals surface area contributed by atoms with Crippen molar-refractivity contribution >= 4 is 17.7 Å². The molecule has 4 rings (SSSR count). The largest absolute Gasteiger partial charge is 0.460 e. The van der Waals surface area contributed by atoms with E-state index < -0.39 is 64.0 Å². The molecule has 0 N–H and O–H groups in total. The predicted molar refractivity (Wildman–Crippen MR) is 92.3 cm³/mol. The van der Waals surface area contributed by atoms with E-state index >= 15 is 0 Å². The number of hydrogen-bond donors (Lipinski definition) is 0. The average Bonchev–Trinajstić information content (AvgIpc) is 2.54. The summed E-state index contributed by atoms with van der Waals surface area (Å²) in [4.78, 5) is 48.8. The molecular weight excluding hydrogens is 373 g/mol. The quantitative estimate of drug-likeness (QED) is 0.438. The van der Waals surface area contributed by atoms with Gasteiger partial charge < -0.3 is 9.47 Å². The highest BCUT2D eigenvalue weighted by atomic mass is 19.1. The van der Waals surface area contributed by atoms with E-state index in [1.54, 1.807) is 20.8 Å². The summed E-state index contributed by atoms with van der Waals surface area (Å²) in [6, 6.07) is 3.33. The molecule has 0 spiro atoms. The van der Waals surface area contributed by atoms with Gasteiger partial charge in [-0.15, -0.1) is 0 Å². The van der Waals surface area contributed by atoms with E-state index in [1.807, 2.05) is 0 Å². The normalized spacial score (nSPS) is 29.4.